The number of amides is 2. The number of carbonyl (C=O) groups is 3. The van der Waals surface area contributed by atoms with Crippen LogP contribution >= 0.6 is 0 Å². The zero-order valence-corrected chi connectivity index (χ0v) is 13.5. The molecule has 2 fully saturated rings. The second kappa shape index (κ2) is 7.03. The van der Waals surface area contributed by atoms with Crippen LogP contribution in [0.1, 0.15) is 36.0 Å². The lowest BCUT2D eigenvalue weighted by Crippen LogP contribution is -2.50. The van der Waals surface area contributed by atoms with Crippen molar-refractivity contribution in [1.29, 1.82) is 0 Å². The Morgan fingerprint density at radius 1 is 1.12 bits per heavy atom. The van der Waals surface area contributed by atoms with Crippen molar-refractivity contribution in [3.05, 3.63) is 35.9 Å². The topological polar surface area (TPSA) is 86.7 Å². The number of nitrogens with one attached hydrogen (secondary N) is 1. The highest BCUT2D eigenvalue weighted by atomic mass is 16.4. The Labute approximate surface area is 140 Å². The van der Waals surface area contributed by atoms with E-state index in [2.05, 4.69) is 5.32 Å². The third kappa shape index (κ3) is 3.58. The number of carbonyl (C=O) groups excluding carboxylic acids is 2. The van der Waals surface area contributed by atoms with Crippen molar-refractivity contribution in [3.63, 3.8) is 0 Å². The van der Waals surface area contributed by atoms with Gasteiger partial charge in [0.05, 0.1) is 11.8 Å². The molecule has 24 heavy (non-hydrogen) atoms. The third-order valence-corrected chi connectivity index (χ3v) is 4.87. The van der Waals surface area contributed by atoms with Crippen molar-refractivity contribution in [2.45, 2.75) is 31.7 Å². The number of piperidine rings is 1. The van der Waals surface area contributed by atoms with Gasteiger partial charge in [0.25, 0.3) is 5.91 Å². The molecule has 6 nitrogen and oxygen atoms in total. The molecular formula is C18H22N2O4. The number of benzene rings is 1. The van der Waals surface area contributed by atoms with E-state index in [1.165, 1.54) is 0 Å². The second-order valence-electron chi connectivity index (χ2n) is 6.54. The molecule has 6 heteroatoms. The Morgan fingerprint density at radius 2 is 1.88 bits per heavy atom. The zero-order chi connectivity index (χ0) is 17.1. The van der Waals surface area contributed by atoms with Gasteiger partial charge in [-0.25, -0.2) is 0 Å². The number of nitrogens with zero attached hydrogens (tertiary/aromatic N) is 1. The molecule has 1 saturated carbocycles. The van der Waals surface area contributed by atoms with E-state index in [9.17, 15) is 14.4 Å². The number of aliphatic carboxylic acids is 1. The van der Waals surface area contributed by atoms with Crippen LogP contribution in [0.2, 0.25) is 0 Å². The van der Waals surface area contributed by atoms with Gasteiger partial charge in [0, 0.05) is 24.7 Å². The number of likely N-dealkylation sites (tertiary alicyclic amines) is 1. The molecule has 1 saturated heterocycles. The van der Waals surface area contributed by atoms with Crippen LogP contribution in [-0.4, -0.2) is 46.9 Å². The lowest BCUT2D eigenvalue weighted by Gasteiger charge is -2.36. The van der Waals surface area contributed by atoms with E-state index in [1.807, 2.05) is 18.2 Å². The Morgan fingerprint density at radius 3 is 2.54 bits per heavy atom. The summed E-state index contributed by atoms with van der Waals surface area (Å²) in [5, 5.41) is 11.9. The molecule has 0 radical (unpaired) electrons. The number of carboxylic acids is 1. The molecule has 0 spiro atoms. The summed E-state index contributed by atoms with van der Waals surface area (Å²) < 4.78 is 0. The first-order valence-electron chi connectivity index (χ1n) is 8.44. The fourth-order valence-corrected chi connectivity index (χ4v) is 3.36. The van der Waals surface area contributed by atoms with Gasteiger partial charge in [-0.2, -0.15) is 0 Å². The molecule has 3 unspecified atom stereocenters. The minimum atomic E-state index is -0.890. The van der Waals surface area contributed by atoms with Crippen LogP contribution < -0.4 is 5.32 Å². The van der Waals surface area contributed by atoms with Gasteiger partial charge in [-0.15, -0.1) is 0 Å². The highest BCUT2D eigenvalue weighted by Crippen LogP contribution is 2.41. The molecule has 3 rings (SSSR count). The Kier molecular flexibility index (Phi) is 4.83. The lowest BCUT2D eigenvalue weighted by molar-refractivity contribution is -0.143. The summed E-state index contributed by atoms with van der Waals surface area (Å²) in [7, 11) is 0. The first-order chi connectivity index (χ1) is 11.6. The minimum Gasteiger partial charge on any atom is -0.481 e. The smallest absolute Gasteiger partial charge is 0.307 e. The highest BCUT2D eigenvalue weighted by Gasteiger charge is 2.50. The van der Waals surface area contributed by atoms with Crippen molar-refractivity contribution in [1.82, 2.24) is 10.2 Å². The van der Waals surface area contributed by atoms with Gasteiger partial charge in [-0.05, 0) is 37.8 Å². The summed E-state index contributed by atoms with van der Waals surface area (Å²) in [6.07, 6.45) is 3.22. The predicted octanol–water partition coefficient (Wildman–Crippen LogP) is 1.52. The number of hydrogen-bond donors (Lipinski definition) is 2. The van der Waals surface area contributed by atoms with E-state index in [-0.39, 0.29) is 23.8 Å². The SMILES string of the molecule is O=C(NCC1CCCCN1C(=O)C1CC1C(=O)O)c1ccccc1. The maximum absolute atomic E-state index is 12.6. The summed E-state index contributed by atoms with van der Waals surface area (Å²) in [4.78, 5) is 37.5. The van der Waals surface area contributed by atoms with Crippen molar-refractivity contribution < 1.29 is 19.5 Å². The maximum atomic E-state index is 12.6. The number of rotatable bonds is 5. The Bertz CT molecular complexity index is 631. The standard InChI is InChI=1S/C18H22N2O4/c21-16(12-6-2-1-3-7-12)19-11-13-8-4-5-9-20(13)17(22)14-10-15(14)18(23)24/h1-3,6-7,13-15H,4-5,8-11H2,(H,19,21)(H,23,24). The van der Waals surface area contributed by atoms with Gasteiger partial charge in [0.1, 0.15) is 0 Å². The number of hydrogen-bond acceptors (Lipinski definition) is 3. The molecule has 2 aliphatic rings. The van der Waals surface area contributed by atoms with Gasteiger partial charge >= 0.3 is 5.97 Å². The number of carboxylic acid groups (broad SMARTS) is 1. The van der Waals surface area contributed by atoms with Crippen LogP contribution in [-0.2, 0) is 9.59 Å². The Balaban J connectivity index is 1.58. The summed E-state index contributed by atoms with van der Waals surface area (Å²) in [5.74, 6) is -2.02. The monoisotopic (exact) mass is 330 g/mol. The van der Waals surface area contributed by atoms with Crippen molar-refractivity contribution in [2.75, 3.05) is 13.1 Å². The summed E-state index contributed by atoms with van der Waals surface area (Å²) in [6, 6.07) is 8.93. The summed E-state index contributed by atoms with van der Waals surface area (Å²) in [6.45, 7) is 1.05. The average Bonchev–Trinajstić information content (AvgIpc) is 3.41. The molecule has 0 bridgehead atoms. The van der Waals surface area contributed by atoms with Crippen molar-refractivity contribution in [3.8, 4) is 0 Å². The van der Waals surface area contributed by atoms with E-state index < -0.39 is 11.9 Å². The molecule has 1 aliphatic carbocycles. The van der Waals surface area contributed by atoms with Crippen LogP contribution in [0.25, 0.3) is 0 Å². The first-order valence-corrected chi connectivity index (χ1v) is 8.44. The molecular weight excluding hydrogens is 308 g/mol. The van der Waals surface area contributed by atoms with E-state index in [0.717, 1.165) is 19.3 Å². The van der Waals surface area contributed by atoms with E-state index >= 15 is 0 Å². The fraction of sp³-hybridized carbons (Fsp3) is 0.500. The normalized spacial score (nSPS) is 25.8. The molecule has 1 aromatic carbocycles. The lowest BCUT2D eigenvalue weighted by atomic mass is 10.0. The molecule has 3 atom stereocenters. The van der Waals surface area contributed by atoms with E-state index in [1.54, 1.807) is 17.0 Å². The third-order valence-electron chi connectivity index (χ3n) is 4.87. The quantitative estimate of drug-likeness (QED) is 0.857. The molecule has 0 aromatic heterocycles. The van der Waals surface area contributed by atoms with Gasteiger partial charge < -0.3 is 15.3 Å². The molecule has 2 N–H and O–H groups in total. The van der Waals surface area contributed by atoms with Gasteiger partial charge in [-0.1, -0.05) is 18.2 Å². The van der Waals surface area contributed by atoms with Crippen LogP contribution in [0.5, 0.6) is 0 Å². The highest BCUT2D eigenvalue weighted by molar-refractivity contribution is 5.94. The van der Waals surface area contributed by atoms with Crippen molar-refractivity contribution in [2.24, 2.45) is 11.8 Å². The minimum absolute atomic E-state index is 0.0473. The largest absolute Gasteiger partial charge is 0.481 e. The Hall–Kier alpha value is -2.37. The molecule has 1 aliphatic heterocycles. The van der Waals surface area contributed by atoms with Crippen LogP contribution in [0, 0.1) is 11.8 Å². The maximum Gasteiger partial charge on any atom is 0.307 e. The van der Waals surface area contributed by atoms with E-state index in [4.69, 9.17) is 5.11 Å². The molecule has 1 heterocycles. The summed E-state index contributed by atoms with van der Waals surface area (Å²) in [5.41, 5.74) is 0.597. The van der Waals surface area contributed by atoms with Crippen LogP contribution in [0.15, 0.2) is 30.3 Å². The summed E-state index contributed by atoms with van der Waals surface area (Å²) >= 11 is 0. The van der Waals surface area contributed by atoms with Crippen LogP contribution in [0.3, 0.4) is 0 Å². The molecule has 128 valence electrons. The second-order valence-corrected chi connectivity index (χ2v) is 6.54. The molecule has 1 aromatic rings. The first kappa shape index (κ1) is 16.5. The predicted molar refractivity (Wildman–Crippen MR) is 87.4 cm³/mol. The van der Waals surface area contributed by atoms with Gasteiger partial charge in [0.15, 0.2) is 0 Å². The fourth-order valence-electron chi connectivity index (χ4n) is 3.36. The zero-order valence-electron chi connectivity index (χ0n) is 13.5. The average molecular weight is 330 g/mol. The van der Waals surface area contributed by atoms with Gasteiger partial charge in [-0.3, -0.25) is 14.4 Å². The van der Waals surface area contributed by atoms with E-state index in [0.29, 0.717) is 25.1 Å². The van der Waals surface area contributed by atoms with Crippen LogP contribution in [0.4, 0.5) is 0 Å². The van der Waals surface area contributed by atoms with Gasteiger partial charge in [0.2, 0.25) is 5.91 Å². The van der Waals surface area contributed by atoms with Crippen molar-refractivity contribution >= 4 is 17.8 Å². The molecule has 2 amide bonds.